The lowest BCUT2D eigenvalue weighted by Gasteiger charge is -1.95. The highest BCUT2D eigenvalue weighted by Gasteiger charge is 2.09. The summed E-state index contributed by atoms with van der Waals surface area (Å²) in [4.78, 5) is 10.0. The zero-order valence-corrected chi connectivity index (χ0v) is 14.9. The molecule has 0 saturated carbocycles. The summed E-state index contributed by atoms with van der Waals surface area (Å²) in [5, 5.41) is 25.7. The van der Waals surface area contributed by atoms with Crippen LogP contribution in [-0.4, -0.2) is 35.3 Å². The van der Waals surface area contributed by atoms with Gasteiger partial charge in [-0.1, -0.05) is 29.8 Å². The first kappa shape index (κ1) is 21.7. The number of para-hydroxylation sites is 1. The van der Waals surface area contributed by atoms with Crippen LogP contribution in [0.5, 0.6) is 0 Å². The van der Waals surface area contributed by atoms with Crippen LogP contribution in [0.2, 0.25) is 0 Å². The standard InChI is InChI=1S/C8H9N5O3.C7H8O3S/c9-8(12-14)11-10-5-6-3-1-2-4-7(6)13(15)16;1-6-2-4-7(5-3-6)11(8,9)10/h1-5,14H,(H3,9,11,12);2-5H,1H3,(H,8,9,10)/b10-5+;. The van der Waals surface area contributed by atoms with E-state index in [2.05, 4.69) is 10.2 Å². The van der Waals surface area contributed by atoms with Gasteiger partial charge in [-0.05, 0) is 25.1 Å². The highest BCUT2D eigenvalue weighted by molar-refractivity contribution is 7.85. The van der Waals surface area contributed by atoms with Crippen molar-refractivity contribution in [1.29, 1.82) is 0 Å². The van der Waals surface area contributed by atoms with E-state index in [1.165, 1.54) is 30.5 Å². The molecule has 0 aliphatic carbocycles. The number of nitrogens with one attached hydrogen (secondary N) is 1. The van der Waals surface area contributed by atoms with Crippen LogP contribution in [0.25, 0.3) is 0 Å². The molecule has 0 aliphatic rings. The molecule has 0 radical (unpaired) electrons. The summed E-state index contributed by atoms with van der Waals surface area (Å²) in [5.74, 6) is -0.310. The molecule has 0 fully saturated rings. The number of aryl methyl sites for hydroxylation is 1. The van der Waals surface area contributed by atoms with Gasteiger partial charge >= 0.3 is 0 Å². The topological polar surface area (TPSA) is 181 Å². The highest BCUT2D eigenvalue weighted by Crippen LogP contribution is 2.15. The van der Waals surface area contributed by atoms with Gasteiger partial charge in [0.25, 0.3) is 15.8 Å². The molecule has 0 atom stereocenters. The van der Waals surface area contributed by atoms with E-state index in [4.69, 9.17) is 15.5 Å². The van der Waals surface area contributed by atoms with Crippen molar-refractivity contribution in [3.05, 3.63) is 69.8 Å². The SMILES string of the molecule is Cc1ccc(S(=O)(=O)O)cc1.N/C(=N/N=C/c1ccccc1[N+](=O)[O-])NO. The van der Waals surface area contributed by atoms with Gasteiger partial charge in [-0.15, -0.1) is 5.10 Å². The van der Waals surface area contributed by atoms with Gasteiger partial charge in [-0.2, -0.15) is 13.5 Å². The van der Waals surface area contributed by atoms with E-state index in [-0.39, 0.29) is 16.5 Å². The number of hydrogen-bond donors (Lipinski definition) is 4. The maximum atomic E-state index is 10.6. The molecule has 0 heterocycles. The van der Waals surface area contributed by atoms with Crippen LogP contribution < -0.4 is 11.2 Å². The van der Waals surface area contributed by atoms with Gasteiger partial charge in [0.2, 0.25) is 5.96 Å². The Kier molecular flexibility index (Phi) is 8.00. The third kappa shape index (κ3) is 7.60. The Balaban J connectivity index is 0.000000289. The van der Waals surface area contributed by atoms with Crippen molar-refractivity contribution < 1.29 is 23.1 Å². The number of nitrogens with two attached hydrogens (primary N) is 1. The van der Waals surface area contributed by atoms with Crippen LogP contribution in [0.15, 0.2) is 63.6 Å². The van der Waals surface area contributed by atoms with Crippen molar-refractivity contribution >= 4 is 28.0 Å². The number of nitro benzene ring substituents is 1. The number of nitrogens with zero attached hydrogens (tertiary/aromatic N) is 3. The average molecular weight is 395 g/mol. The molecule has 0 aromatic heterocycles. The lowest BCUT2D eigenvalue weighted by atomic mass is 10.2. The van der Waals surface area contributed by atoms with Gasteiger partial charge in [0.05, 0.1) is 21.6 Å². The minimum absolute atomic E-state index is 0.0666. The fourth-order valence-corrected chi connectivity index (χ4v) is 2.13. The molecule has 0 spiro atoms. The van der Waals surface area contributed by atoms with Crippen LogP contribution in [0, 0.1) is 17.0 Å². The maximum Gasteiger partial charge on any atom is 0.294 e. The van der Waals surface area contributed by atoms with Gasteiger partial charge in [-0.3, -0.25) is 19.9 Å². The highest BCUT2D eigenvalue weighted by atomic mass is 32.2. The summed E-state index contributed by atoms with van der Waals surface area (Å²) < 4.78 is 29.6. The number of benzene rings is 2. The predicted molar refractivity (Wildman–Crippen MR) is 98.2 cm³/mol. The number of rotatable bonds is 4. The number of nitro groups is 1. The fraction of sp³-hybridized carbons (Fsp3) is 0.0667. The van der Waals surface area contributed by atoms with E-state index in [9.17, 15) is 18.5 Å². The summed E-state index contributed by atoms with van der Waals surface area (Å²) in [7, 11) is -4.02. The second-order valence-electron chi connectivity index (χ2n) is 4.95. The van der Waals surface area contributed by atoms with Gasteiger partial charge in [-0.25, -0.2) is 5.48 Å². The van der Waals surface area contributed by atoms with Gasteiger partial charge in [0, 0.05) is 6.07 Å². The van der Waals surface area contributed by atoms with E-state index < -0.39 is 15.0 Å². The largest absolute Gasteiger partial charge is 0.367 e. The van der Waals surface area contributed by atoms with Crippen LogP contribution in [0.4, 0.5) is 5.69 Å². The smallest absolute Gasteiger partial charge is 0.294 e. The van der Waals surface area contributed by atoms with Crippen molar-refractivity contribution in [2.24, 2.45) is 15.9 Å². The Morgan fingerprint density at radius 2 is 1.81 bits per heavy atom. The molecule has 0 aliphatic heterocycles. The molecule has 2 aromatic rings. The van der Waals surface area contributed by atoms with Gasteiger partial charge in [0.15, 0.2) is 0 Å². The van der Waals surface area contributed by atoms with Crippen LogP contribution in [-0.2, 0) is 10.1 Å². The number of guanidine groups is 1. The average Bonchev–Trinajstić information content (AvgIpc) is 2.62. The Labute approximate surface area is 154 Å². The summed E-state index contributed by atoms with van der Waals surface area (Å²) in [6.07, 6.45) is 1.17. The molecule has 2 aromatic carbocycles. The first-order chi connectivity index (χ1) is 12.6. The van der Waals surface area contributed by atoms with Crippen molar-refractivity contribution in [2.75, 3.05) is 0 Å². The monoisotopic (exact) mass is 395 g/mol. The van der Waals surface area contributed by atoms with E-state index >= 15 is 0 Å². The van der Waals surface area contributed by atoms with E-state index in [0.717, 1.165) is 5.56 Å². The van der Waals surface area contributed by atoms with Crippen LogP contribution >= 0.6 is 0 Å². The van der Waals surface area contributed by atoms with Crippen molar-refractivity contribution in [2.45, 2.75) is 11.8 Å². The quantitative estimate of drug-likeness (QED) is 0.197. The summed E-state index contributed by atoms with van der Waals surface area (Å²) in [6.45, 7) is 1.84. The molecule has 11 nitrogen and oxygen atoms in total. The molecule has 144 valence electrons. The van der Waals surface area contributed by atoms with Gasteiger partial charge in [0.1, 0.15) is 0 Å². The molecule has 5 N–H and O–H groups in total. The molecular formula is C15H17N5O6S. The van der Waals surface area contributed by atoms with Crippen molar-refractivity contribution in [1.82, 2.24) is 5.48 Å². The predicted octanol–water partition coefficient (Wildman–Crippen LogP) is 1.46. The third-order valence-electron chi connectivity index (χ3n) is 2.93. The number of hydroxylamine groups is 1. The maximum absolute atomic E-state index is 10.6. The number of hydrogen-bond acceptors (Lipinski definition) is 7. The van der Waals surface area contributed by atoms with Crippen LogP contribution in [0.3, 0.4) is 0 Å². The minimum atomic E-state index is -4.02. The van der Waals surface area contributed by atoms with Crippen molar-refractivity contribution in [3.8, 4) is 0 Å². The molecule has 27 heavy (non-hydrogen) atoms. The zero-order chi connectivity index (χ0) is 20.4. The van der Waals surface area contributed by atoms with E-state index in [0.29, 0.717) is 5.56 Å². The minimum Gasteiger partial charge on any atom is -0.367 e. The lowest BCUT2D eigenvalue weighted by molar-refractivity contribution is -0.385. The Morgan fingerprint density at radius 1 is 1.22 bits per heavy atom. The van der Waals surface area contributed by atoms with E-state index in [1.54, 1.807) is 29.7 Å². The fourth-order valence-electron chi connectivity index (χ4n) is 1.65. The summed E-state index contributed by atoms with van der Waals surface area (Å²) in [5.41, 5.74) is 7.81. The zero-order valence-electron chi connectivity index (χ0n) is 14.1. The molecule has 0 unspecified atom stereocenters. The molecule has 0 bridgehead atoms. The second-order valence-corrected chi connectivity index (χ2v) is 6.37. The first-order valence-corrected chi connectivity index (χ1v) is 8.63. The molecule has 0 amide bonds. The first-order valence-electron chi connectivity index (χ1n) is 7.19. The third-order valence-corrected chi connectivity index (χ3v) is 3.80. The second kappa shape index (κ2) is 9.96. The van der Waals surface area contributed by atoms with Crippen LogP contribution in [0.1, 0.15) is 11.1 Å². The molecule has 12 heteroatoms. The van der Waals surface area contributed by atoms with Gasteiger partial charge < -0.3 is 5.73 Å². The summed E-state index contributed by atoms with van der Waals surface area (Å²) in [6, 6.07) is 12.0. The molecule has 2 rings (SSSR count). The molecule has 0 saturated heterocycles. The molecular weight excluding hydrogens is 378 g/mol. The Bertz CT molecular complexity index is 941. The Hall–Kier alpha value is -3.35. The van der Waals surface area contributed by atoms with E-state index in [1.807, 2.05) is 6.92 Å². The lowest BCUT2D eigenvalue weighted by Crippen LogP contribution is -2.27. The summed E-state index contributed by atoms with van der Waals surface area (Å²) >= 11 is 0. The van der Waals surface area contributed by atoms with Crippen molar-refractivity contribution in [3.63, 3.8) is 0 Å². The Morgan fingerprint density at radius 3 is 2.33 bits per heavy atom. The normalized spacial score (nSPS) is 11.6.